The molecule has 1 aromatic heterocycles. The average molecular weight is 442 g/mol. The molecule has 10 heteroatoms. The number of amides is 2. The first kappa shape index (κ1) is 21.8. The number of rotatable bonds is 7. The highest BCUT2D eigenvalue weighted by molar-refractivity contribution is 7.92. The van der Waals surface area contributed by atoms with Crippen molar-refractivity contribution in [2.24, 2.45) is 0 Å². The molecule has 0 atom stereocenters. The number of imide groups is 1. The van der Waals surface area contributed by atoms with Crippen LogP contribution < -0.4 is 9.62 Å². The quantitative estimate of drug-likeness (QED) is 0.557. The van der Waals surface area contributed by atoms with Crippen molar-refractivity contribution >= 4 is 33.5 Å². The van der Waals surface area contributed by atoms with Gasteiger partial charge >= 0.3 is 5.97 Å². The Morgan fingerprint density at radius 1 is 0.968 bits per heavy atom. The Hall–Kier alpha value is -3.92. The molecule has 9 nitrogen and oxygen atoms in total. The fourth-order valence-electron chi connectivity index (χ4n) is 2.63. The lowest BCUT2D eigenvalue weighted by Crippen LogP contribution is -2.34. The summed E-state index contributed by atoms with van der Waals surface area (Å²) in [6, 6.07) is 16.7. The zero-order valence-corrected chi connectivity index (χ0v) is 17.2. The molecule has 31 heavy (non-hydrogen) atoms. The van der Waals surface area contributed by atoms with Gasteiger partial charge in [0.05, 0.1) is 17.5 Å². The summed E-state index contributed by atoms with van der Waals surface area (Å²) in [5.74, 6) is -2.80. The van der Waals surface area contributed by atoms with E-state index in [1.807, 2.05) is 5.32 Å². The number of benzene rings is 2. The van der Waals surface area contributed by atoms with Crippen LogP contribution in [0.1, 0.15) is 20.9 Å². The number of para-hydroxylation sites is 1. The van der Waals surface area contributed by atoms with E-state index in [1.165, 1.54) is 49.7 Å². The first-order valence-corrected chi connectivity index (χ1v) is 10.4. The molecule has 0 radical (unpaired) electrons. The highest BCUT2D eigenvalue weighted by Gasteiger charge is 2.28. The molecule has 0 saturated carbocycles. The van der Waals surface area contributed by atoms with Gasteiger partial charge in [0.25, 0.3) is 21.8 Å². The monoisotopic (exact) mass is 442 g/mol. The Morgan fingerprint density at radius 2 is 1.65 bits per heavy atom. The summed E-state index contributed by atoms with van der Waals surface area (Å²) < 4.78 is 36.9. The molecular formula is C21H18N2O7S. The van der Waals surface area contributed by atoms with Crippen LogP contribution in [0.5, 0.6) is 0 Å². The molecule has 0 aliphatic heterocycles. The van der Waals surface area contributed by atoms with Crippen molar-refractivity contribution in [1.29, 1.82) is 0 Å². The van der Waals surface area contributed by atoms with Gasteiger partial charge in [-0.25, -0.2) is 13.2 Å². The fourth-order valence-corrected chi connectivity index (χ4v) is 4.00. The van der Waals surface area contributed by atoms with Crippen molar-refractivity contribution in [1.82, 2.24) is 5.32 Å². The summed E-state index contributed by atoms with van der Waals surface area (Å²) in [6.07, 6.45) is 1.27. The molecule has 0 aliphatic rings. The zero-order chi connectivity index (χ0) is 22.4. The van der Waals surface area contributed by atoms with Gasteiger partial charge in [-0.15, -0.1) is 0 Å². The molecule has 2 amide bonds. The molecule has 160 valence electrons. The van der Waals surface area contributed by atoms with Crippen LogP contribution in [0, 0.1) is 0 Å². The van der Waals surface area contributed by atoms with Crippen LogP contribution in [0.15, 0.2) is 82.3 Å². The molecule has 0 saturated heterocycles. The Morgan fingerprint density at radius 3 is 2.32 bits per heavy atom. The third kappa shape index (κ3) is 4.98. The molecule has 0 aliphatic carbocycles. The molecule has 0 bridgehead atoms. The molecule has 0 fully saturated rings. The number of anilines is 1. The van der Waals surface area contributed by atoms with Crippen molar-refractivity contribution in [3.05, 3.63) is 84.3 Å². The van der Waals surface area contributed by atoms with Gasteiger partial charge in [-0.2, -0.15) is 0 Å². The zero-order valence-electron chi connectivity index (χ0n) is 16.3. The number of sulfonamides is 1. The van der Waals surface area contributed by atoms with Gasteiger partial charge in [0.15, 0.2) is 12.4 Å². The van der Waals surface area contributed by atoms with Gasteiger partial charge in [-0.1, -0.05) is 30.3 Å². The van der Waals surface area contributed by atoms with E-state index in [9.17, 15) is 22.8 Å². The average Bonchev–Trinajstić information content (AvgIpc) is 3.32. The maximum atomic E-state index is 13.1. The van der Waals surface area contributed by atoms with Gasteiger partial charge in [0.2, 0.25) is 0 Å². The summed E-state index contributed by atoms with van der Waals surface area (Å²) in [7, 11) is -2.73. The van der Waals surface area contributed by atoms with E-state index >= 15 is 0 Å². The molecule has 0 spiro atoms. The summed E-state index contributed by atoms with van der Waals surface area (Å²) in [4.78, 5) is 35.9. The Labute approximate surface area is 178 Å². The Bertz CT molecular complexity index is 1190. The molecule has 2 aromatic carbocycles. The molecule has 3 aromatic rings. The minimum absolute atomic E-state index is 0.0833. The number of esters is 1. The van der Waals surface area contributed by atoms with E-state index in [4.69, 9.17) is 9.15 Å². The predicted octanol–water partition coefficient (Wildman–Crippen LogP) is 2.22. The first-order chi connectivity index (χ1) is 14.8. The maximum Gasteiger partial charge on any atom is 0.340 e. The number of nitrogens with one attached hydrogen (secondary N) is 1. The lowest BCUT2D eigenvalue weighted by atomic mass is 10.2. The van der Waals surface area contributed by atoms with Gasteiger partial charge in [0.1, 0.15) is 4.90 Å². The van der Waals surface area contributed by atoms with E-state index in [1.54, 1.807) is 30.3 Å². The van der Waals surface area contributed by atoms with Crippen LogP contribution in [-0.4, -0.2) is 39.9 Å². The molecule has 1 heterocycles. The topological polar surface area (TPSA) is 123 Å². The number of carbonyl (C=O) groups excluding carboxylic acids is 3. The molecule has 3 rings (SSSR count). The molecule has 1 N–H and O–H groups in total. The van der Waals surface area contributed by atoms with E-state index in [-0.39, 0.29) is 16.2 Å². The van der Waals surface area contributed by atoms with E-state index in [2.05, 4.69) is 0 Å². The third-order valence-electron chi connectivity index (χ3n) is 4.20. The predicted molar refractivity (Wildman–Crippen MR) is 110 cm³/mol. The Kier molecular flexibility index (Phi) is 6.51. The van der Waals surface area contributed by atoms with Gasteiger partial charge < -0.3 is 9.15 Å². The summed E-state index contributed by atoms with van der Waals surface area (Å²) >= 11 is 0. The van der Waals surface area contributed by atoms with Crippen LogP contribution in [-0.2, 0) is 19.6 Å². The lowest BCUT2D eigenvalue weighted by molar-refractivity contribution is -0.123. The van der Waals surface area contributed by atoms with Crippen LogP contribution in [0.2, 0.25) is 0 Å². The second-order valence-electron chi connectivity index (χ2n) is 6.23. The fraction of sp³-hybridized carbons (Fsp3) is 0.0952. The minimum Gasteiger partial charge on any atom is -0.459 e. The lowest BCUT2D eigenvalue weighted by Gasteiger charge is -2.20. The standard InChI is InChI=1S/C21H18N2O7S/c1-23(15-8-3-2-4-9-15)31(27,28)18-12-6-5-10-16(18)21(26)30-14-19(24)22-20(25)17-11-7-13-29-17/h2-13H,14H2,1H3,(H,22,24,25). The SMILES string of the molecule is CN(c1ccccc1)S(=O)(=O)c1ccccc1C(=O)OCC(=O)NC(=O)c1ccco1. The second kappa shape index (κ2) is 9.26. The van der Waals surface area contributed by atoms with E-state index in [0.29, 0.717) is 5.69 Å². The highest BCUT2D eigenvalue weighted by Crippen LogP contribution is 2.24. The van der Waals surface area contributed by atoms with Crippen molar-refractivity contribution in [3.63, 3.8) is 0 Å². The minimum atomic E-state index is -4.09. The number of carbonyl (C=O) groups is 3. The number of hydrogen-bond acceptors (Lipinski definition) is 7. The van der Waals surface area contributed by atoms with Crippen molar-refractivity contribution in [2.75, 3.05) is 18.0 Å². The van der Waals surface area contributed by atoms with Crippen LogP contribution in [0.3, 0.4) is 0 Å². The van der Waals surface area contributed by atoms with Crippen LogP contribution in [0.4, 0.5) is 5.69 Å². The van der Waals surface area contributed by atoms with E-state index < -0.39 is 34.4 Å². The van der Waals surface area contributed by atoms with Crippen molar-refractivity contribution in [3.8, 4) is 0 Å². The van der Waals surface area contributed by atoms with Crippen molar-refractivity contribution in [2.45, 2.75) is 4.90 Å². The van der Waals surface area contributed by atoms with E-state index in [0.717, 1.165) is 4.31 Å². The number of hydrogen-bond donors (Lipinski definition) is 1. The van der Waals surface area contributed by atoms with Crippen LogP contribution >= 0.6 is 0 Å². The third-order valence-corrected chi connectivity index (χ3v) is 6.04. The summed E-state index contributed by atoms with van der Waals surface area (Å²) in [6.45, 7) is -0.784. The number of ether oxygens (including phenoxy) is 1. The Balaban J connectivity index is 1.73. The number of furan rings is 1. The molecular weight excluding hydrogens is 424 g/mol. The summed E-state index contributed by atoms with van der Waals surface area (Å²) in [5, 5.41) is 2.00. The second-order valence-corrected chi connectivity index (χ2v) is 8.17. The van der Waals surface area contributed by atoms with Gasteiger partial charge in [0, 0.05) is 7.05 Å². The largest absolute Gasteiger partial charge is 0.459 e. The maximum absolute atomic E-state index is 13.1. The van der Waals surface area contributed by atoms with Gasteiger partial charge in [-0.05, 0) is 36.4 Å². The molecule has 0 unspecified atom stereocenters. The highest BCUT2D eigenvalue weighted by atomic mass is 32.2. The van der Waals surface area contributed by atoms with Crippen LogP contribution in [0.25, 0.3) is 0 Å². The number of nitrogens with zero attached hydrogens (tertiary/aromatic N) is 1. The normalized spacial score (nSPS) is 10.9. The summed E-state index contributed by atoms with van der Waals surface area (Å²) in [5.41, 5.74) is 0.164. The smallest absolute Gasteiger partial charge is 0.340 e. The first-order valence-electron chi connectivity index (χ1n) is 8.98. The van der Waals surface area contributed by atoms with Gasteiger partial charge in [-0.3, -0.25) is 19.2 Å². The van der Waals surface area contributed by atoms with Crippen molar-refractivity contribution < 1.29 is 32.0 Å².